The lowest BCUT2D eigenvalue weighted by Gasteiger charge is -2.30. The summed E-state index contributed by atoms with van der Waals surface area (Å²) in [5, 5.41) is 6.79. The van der Waals surface area contributed by atoms with E-state index in [9.17, 15) is 0 Å². The summed E-state index contributed by atoms with van der Waals surface area (Å²) in [5.74, 6) is 1.87. The van der Waals surface area contributed by atoms with E-state index < -0.39 is 0 Å². The predicted octanol–water partition coefficient (Wildman–Crippen LogP) is 3.08. The Balaban J connectivity index is 0.00000400. The maximum Gasteiger partial charge on any atom is 0.191 e. The van der Waals surface area contributed by atoms with Gasteiger partial charge in [-0.05, 0) is 64.6 Å². The Morgan fingerprint density at radius 1 is 1.29 bits per heavy atom. The van der Waals surface area contributed by atoms with Crippen LogP contribution in [0.5, 0.6) is 0 Å². The Labute approximate surface area is 148 Å². The third-order valence-electron chi connectivity index (χ3n) is 4.29. The summed E-state index contributed by atoms with van der Waals surface area (Å²) in [4.78, 5) is 6.87. The summed E-state index contributed by atoms with van der Waals surface area (Å²) in [5.41, 5.74) is 0. The van der Waals surface area contributed by atoms with Gasteiger partial charge in [0.15, 0.2) is 5.96 Å². The molecule has 0 bridgehead atoms. The largest absolute Gasteiger partial charge is 0.356 e. The molecule has 1 heterocycles. The second-order valence-corrected chi connectivity index (χ2v) is 6.18. The van der Waals surface area contributed by atoms with Crippen LogP contribution in [0.15, 0.2) is 4.99 Å². The molecule has 0 aromatic heterocycles. The Morgan fingerprint density at radius 2 is 1.95 bits per heavy atom. The molecule has 126 valence electrons. The number of piperidine rings is 1. The van der Waals surface area contributed by atoms with Gasteiger partial charge in [0.25, 0.3) is 0 Å². The molecule has 5 heteroatoms. The fraction of sp³-hybridized carbons (Fsp3) is 0.938. The molecule has 0 amide bonds. The number of guanidine groups is 1. The third kappa shape index (κ3) is 9.55. The maximum absolute atomic E-state index is 4.26. The van der Waals surface area contributed by atoms with Crippen LogP contribution in [0.1, 0.15) is 52.9 Å². The van der Waals surface area contributed by atoms with Gasteiger partial charge in [-0.1, -0.05) is 13.8 Å². The van der Waals surface area contributed by atoms with E-state index in [4.69, 9.17) is 0 Å². The molecule has 21 heavy (non-hydrogen) atoms. The van der Waals surface area contributed by atoms with Gasteiger partial charge < -0.3 is 15.5 Å². The monoisotopic (exact) mass is 410 g/mol. The van der Waals surface area contributed by atoms with E-state index >= 15 is 0 Å². The van der Waals surface area contributed by atoms with Crippen LogP contribution in [-0.4, -0.2) is 50.1 Å². The van der Waals surface area contributed by atoms with Crippen molar-refractivity contribution in [3.05, 3.63) is 0 Å². The van der Waals surface area contributed by atoms with E-state index in [0.29, 0.717) is 6.04 Å². The number of rotatable bonds is 7. The van der Waals surface area contributed by atoms with Crippen molar-refractivity contribution in [2.24, 2.45) is 10.9 Å². The summed E-state index contributed by atoms with van der Waals surface area (Å²) in [6.45, 7) is 11.6. The van der Waals surface area contributed by atoms with Crippen molar-refractivity contribution in [1.29, 1.82) is 0 Å². The second-order valence-electron chi connectivity index (χ2n) is 6.18. The van der Waals surface area contributed by atoms with E-state index in [2.05, 4.69) is 41.3 Å². The number of nitrogens with one attached hydrogen (secondary N) is 2. The molecule has 0 aromatic rings. The number of hydrogen-bond acceptors (Lipinski definition) is 2. The van der Waals surface area contributed by atoms with Crippen LogP contribution in [0, 0.1) is 5.92 Å². The topological polar surface area (TPSA) is 39.7 Å². The van der Waals surface area contributed by atoms with E-state index in [1.54, 1.807) is 0 Å². The van der Waals surface area contributed by atoms with Crippen molar-refractivity contribution in [2.45, 2.75) is 58.9 Å². The molecule has 0 aliphatic carbocycles. The first kappa shape index (κ1) is 21.0. The Morgan fingerprint density at radius 3 is 2.52 bits per heavy atom. The minimum absolute atomic E-state index is 0. The summed E-state index contributed by atoms with van der Waals surface area (Å²) >= 11 is 0. The van der Waals surface area contributed by atoms with E-state index in [-0.39, 0.29) is 24.0 Å². The van der Waals surface area contributed by atoms with Gasteiger partial charge in [-0.25, -0.2) is 0 Å². The molecule has 0 aromatic carbocycles. The van der Waals surface area contributed by atoms with E-state index in [0.717, 1.165) is 24.8 Å². The molecular formula is C16H35IN4. The number of hydrogen-bond donors (Lipinski definition) is 2. The van der Waals surface area contributed by atoms with Crippen LogP contribution >= 0.6 is 24.0 Å². The van der Waals surface area contributed by atoms with Gasteiger partial charge in [-0.3, -0.25) is 4.99 Å². The number of likely N-dealkylation sites (tertiary alicyclic amines) is 1. The van der Waals surface area contributed by atoms with Crippen molar-refractivity contribution in [3.8, 4) is 0 Å². The van der Waals surface area contributed by atoms with Crippen LogP contribution < -0.4 is 10.6 Å². The fourth-order valence-corrected chi connectivity index (χ4v) is 2.48. The lowest BCUT2D eigenvalue weighted by atomic mass is 9.99. The van der Waals surface area contributed by atoms with Crippen molar-refractivity contribution >= 4 is 29.9 Å². The van der Waals surface area contributed by atoms with Gasteiger partial charge in [0.05, 0.1) is 0 Å². The SMILES string of the molecule is CCC(C)NC(=NC)NCCCCN1CCC(C)CC1.I. The molecule has 1 rings (SSSR count). The van der Waals surface area contributed by atoms with Gasteiger partial charge in [0.2, 0.25) is 0 Å². The van der Waals surface area contributed by atoms with Crippen LogP contribution in [0.25, 0.3) is 0 Å². The number of aliphatic imine (C=N–C) groups is 1. The van der Waals surface area contributed by atoms with Gasteiger partial charge >= 0.3 is 0 Å². The van der Waals surface area contributed by atoms with E-state index in [1.807, 2.05) is 7.05 Å². The minimum atomic E-state index is 0. The molecular weight excluding hydrogens is 375 g/mol. The molecule has 1 saturated heterocycles. The van der Waals surface area contributed by atoms with Crippen LogP contribution in [0.4, 0.5) is 0 Å². The molecule has 2 N–H and O–H groups in total. The molecule has 1 aliphatic heterocycles. The maximum atomic E-state index is 4.26. The smallest absolute Gasteiger partial charge is 0.191 e. The van der Waals surface area contributed by atoms with Crippen LogP contribution in [-0.2, 0) is 0 Å². The van der Waals surface area contributed by atoms with Gasteiger partial charge in [-0.2, -0.15) is 0 Å². The number of unbranched alkanes of at least 4 members (excludes halogenated alkanes) is 1. The highest BCUT2D eigenvalue weighted by molar-refractivity contribution is 14.0. The standard InChI is InChI=1S/C16H34N4.HI/c1-5-15(3)19-16(17-4)18-10-6-7-11-20-12-8-14(2)9-13-20;/h14-15H,5-13H2,1-4H3,(H2,17,18,19);1H. The normalized spacial score (nSPS) is 19.0. The van der Waals surface area contributed by atoms with Crippen molar-refractivity contribution in [1.82, 2.24) is 15.5 Å². The Hall–Kier alpha value is -0.0400. The molecule has 0 radical (unpaired) electrons. The van der Waals surface area contributed by atoms with E-state index in [1.165, 1.54) is 45.3 Å². The summed E-state index contributed by atoms with van der Waals surface area (Å²) in [6, 6.07) is 0.483. The average Bonchev–Trinajstić information content (AvgIpc) is 2.47. The summed E-state index contributed by atoms with van der Waals surface area (Å²) in [7, 11) is 1.84. The Bertz CT molecular complexity index is 275. The first-order valence-electron chi connectivity index (χ1n) is 8.35. The molecule has 1 fully saturated rings. The van der Waals surface area contributed by atoms with Crippen LogP contribution in [0.2, 0.25) is 0 Å². The lowest BCUT2D eigenvalue weighted by Crippen LogP contribution is -2.42. The van der Waals surface area contributed by atoms with Gasteiger partial charge in [0, 0.05) is 19.6 Å². The molecule has 4 nitrogen and oxygen atoms in total. The average molecular weight is 410 g/mol. The highest BCUT2D eigenvalue weighted by atomic mass is 127. The minimum Gasteiger partial charge on any atom is -0.356 e. The first-order valence-corrected chi connectivity index (χ1v) is 8.35. The summed E-state index contributed by atoms with van der Waals surface area (Å²) < 4.78 is 0. The van der Waals surface area contributed by atoms with Crippen molar-refractivity contribution < 1.29 is 0 Å². The Kier molecular flexibility index (Phi) is 12.5. The van der Waals surface area contributed by atoms with Crippen molar-refractivity contribution in [3.63, 3.8) is 0 Å². The fourth-order valence-electron chi connectivity index (χ4n) is 2.48. The zero-order valence-corrected chi connectivity index (χ0v) is 16.7. The van der Waals surface area contributed by atoms with Gasteiger partial charge in [-0.15, -0.1) is 24.0 Å². The highest BCUT2D eigenvalue weighted by Gasteiger charge is 2.14. The highest BCUT2D eigenvalue weighted by Crippen LogP contribution is 2.15. The second kappa shape index (κ2) is 12.5. The summed E-state index contributed by atoms with van der Waals surface area (Å²) in [6.07, 6.45) is 6.37. The molecule has 0 spiro atoms. The van der Waals surface area contributed by atoms with Crippen molar-refractivity contribution in [2.75, 3.05) is 33.2 Å². The molecule has 0 saturated carbocycles. The first-order chi connectivity index (χ1) is 9.65. The third-order valence-corrected chi connectivity index (χ3v) is 4.29. The molecule has 1 aliphatic rings. The quantitative estimate of drug-likeness (QED) is 0.293. The molecule has 1 unspecified atom stereocenters. The predicted molar refractivity (Wildman–Crippen MR) is 104 cm³/mol. The lowest BCUT2D eigenvalue weighted by molar-refractivity contribution is 0.189. The van der Waals surface area contributed by atoms with Gasteiger partial charge in [0.1, 0.15) is 0 Å². The van der Waals surface area contributed by atoms with Crippen LogP contribution in [0.3, 0.4) is 0 Å². The number of halogens is 1. The number of nitrogens with zero attached hydrogens (tertiary/aromatic N) is 2. The zero-order valence-electron chi connectivity index (χ0n) is 14.3. The molecule has 1 atom stereocenters. The zero-order chi connectivity index (χ0) is 14.8.